The van der Waals surface area contributed by atoms with Gasteiger partial charge in [-0.3, -0.25) is 0 Å². The second-order valence-corrected chi connectivity index (χ2v) is 6.43. The van der Waals surface area contributed by atoms with E-state index in [1.54, 1.807) is 0 Å². The molecule has 2 aliphatic heterocycles. The molecule has 2 aromatic heterocycles. The first kappa shape index (κ1) is 16.1. The van der Waals surface area contributed by atoms with Crippen molar-refractivity contribution in [2.24, 2.45) is 0 Å². The van der Waals surface area contributed by atoms with Gasteiger partial charge in [-0.2, -0.15) is 4.98 Å². The Kier molecular flexibility index (Phi) is 4.39. The third-order valence-corrected chi connectivity index (χ3v) is 4.84. The van der Waals surface area contributed by atoms with Crippen molar-refractivity contribution >= 4 is 17.6 Å². The van der Waals surface area contributed by atoms with Gasteiger partial charge >= 0.3 is 0 Å². The molecule has 0 spiro atoms. The van der Waals surface area contributed by atoms with Crippen LogP contribution in [0.5, 0.6) is 0 Å². The van der Waals surface area contributed by atoms with Gasteiger partial charge in [-0.25, -0.2) is 9.61 Å². The predicted molar refractivity (Wildman–Crippen MR) is 93.2 cm³/mol. The average molecular weight is 345 g/mol. The van der Waals surface area contributed by atoms with E-state index in [9.17, 15) is 0 Å². The Labute approximate surface area is 146 Å². The lowest BCUT2D eigenvalue weighted by Gasteiger charge is -2.35. The predicted octanol–water partition coefficient (Wildman–Crippen LogP) is 1.04. The molecule has 0 aliphatic carbocycles. The van der Waals surface area contributed by atoms with Gasteiger partial charge in [-0.1, -0.05) is 5.16 Å². The highest BCUT2D eigenvalue weighted by atomic mass is 16.6. The molecule has 1 N–H and O–H groups in total. The van der Waals surface area contributed by atoms with Crippen LogP contribution >= 0.6 is 0 Å². The van der Waals surface area contributed by atoms with Crippen LogP contribution in [0.15, 0.2) is 10.7 Å². The fourth-order valence-electron chi connectivity index (χ4n) is 3.36. The molecule has 2 aromatic rings. The number of anilines is 3. The molecule has 0 radical (unpaired) electrons. The van der Waals surface area contributed by atoms with Gasteiger partial charge in [0.15, 0.2) is 5.82 Å². The number of nitrogens with one attached hydrogen (secondary N) is 1. The third-order valence-electron chi connectivity index (χ3n) is 4.84. The minimum atomic E-state index is 0.360. The van der Waals surface area contributed by atoms with E-state index in [-0.39, 0.29) is 0 Å². The molecule has 0 unspecified atom stereocenters. The second kappa shape index (κ2) is 6.83. The largest absolute Gasteiger partial charge is 0.381 e. The summed E-state index contributed by atoms with van der Waals surface area (Å²) in [4.78, 5) is 13.8. The van der Waals surface area contributed by atoms with Crippen molar-refractivity contribution < 1.29 is 9.37 Å². The van der Waals surface area contributed by atoms with Crippen molar-refractivity contribution in [1.82, 2.24) is 20.3 Å². The molecule has 9 heteroatoms. The molecule has 4 heterocycles. The molecule has 0 bridgehead atoms. The van der Waals surface area contributed by atoms with E-state index in [1.165, 1.54) is 0 Å². The molecular weight excluding hydrogens is 322 g/mol. The van der Waals surface area contributed by atoms with Gasteiger partial charge in [0.25, 0.3) is 0 Å². The zero-order valence-electron chi connectivity index (χ0n) is 14.6. The van der Waals surface area contributed by atoms with Gasteiger partial charge in [0.2, 0.25) is 5.95 Å². The molecule has 2 fully saturated rings. The summed E-state index contributed by atoms with van der Waals surface area (Å²) in [5.74, 6) is 2.83. The molecule has 134 valence electrons. The summed E-state index contributed by atoms with van der Waals surface area (Å²) in [5, 5.41) is 10.9. The molecule has 0 aromatic carbocycles. The zero-order chi connectivity index (χ0) is 17.2. The first-order chi connectivity index (χ1) is 12.2. The quantitative estimate of drug-likeness (QED) is 0.872. The highest BCUT2D eigenvalue weighted by Crippen LogP contribution is 2.28. The number of aromatic nitrogens is 4. The van der Waals surface area contributed by atoms with E-state index in [0.29, 0.717) is 11.9 Å². The Morgan fingerprint density at radius 1 is 1.12 bits per heavy atom. The van der Waals surface area contributed by atoms with Crippen LogP contribution in [0.4, 0.5) is 17.6 Å². The maximum Gasteiger partial charge on any atom is 0.224 e. The zero-order valence-corrected chi connectivity index (χ0v) is 14.6. The average Bonchev–Trinajstić information content (AvgIpc) is 3.33. The van der Waals surface area contributed by atoms with Crippen LogP contribution in [-0.4, -0.2) is 66.7 Å². The molecule has 25 heavy (non-hydrogen) atoms. The van der Waals surface area contributed by atoms with Crippen molar-refractivity contribution in [2.45, 2.75) is 19.3 Å². The Morgan fingerprint density at radius 3 is 2.56 bits per heavy atom. The SMILES string of the molecule is CNc1nc([C@@H]2CCOC2)cc(N2CCN(c3nonc3C)CC2)n1. The summed E-state index contributed by atoms with van der Waals surface area (Å²) < 4.78 is 10.3. The van der Waals surface area contributed by atoms with Crippen molar-refractivity contribution in [3.8, 4) is 0 Å². The minimum absolute atomic E-state index is 0.360. The van der Waals surface area contributed by atoms with Crippen LogP contribution < -0.4 is 15.1 Å². The van der Waals surface area contributed by atoms with Crippen LogP contribution in [0.3, 0.4) is 0 Å². The number of hydrogen-bond acceptors (Lipinski definition) is 9. The number of rotatable bonds is 4. The van der Waals surface area contributed by atoms with E-state index in [1.807, 2.05) is 14.0 Å². The normalized spacial score (nSPS) is 21.0. The van der Waals surface area contributed by atoms with Gasteiger partial charge in [0.1, 0.15) is 11.5 Å². The second-order valence-electron chi connectivity index (χ2n) is 6.43. The third kappa shape index (κ3) is 3.23. The van der Waals surface area contributed by atoms with Gasteiger partial charge in [-0.05, 0) is 18.5 Å². The Bertz CT molecular complexity index is 721. The molecule has 1 atom stereocenters. The van der Waals surface area contributed by atoms with Gasteiger partial charge in [-0.15, -0.1) is 0 Å². The summed E-state index contributed by atoms with van der Waals surface area (Å²) in [6.45, 7) is 6.91. The number of piperazine rings is 1. The van der Waals surface area contributed by atoms with Crippen LogP contribution in [-0.2, 0) is 4.74 Å². The number of aryl methyl sites for hydroxylation is 1. The highest BCUT2D eigenvalue weighted by Gasteiger charge is 2.25. The first-order valence-electron chi connectivity index (χ1n) is 8.68. The number of nitrogens with zero attached hydrogens (tertiary/aromatic N) is 6. The van der Waals surface area contributed by atoms with Crippen molar-refractivity contribution in [1.29, 1.82) is 0 Å². The molecule has 9 nitrogen and oxygen atoms in total. The van der Waals surface area contributed by atoms with Crippen molar-refractivity contribution in [3.63, 3.8) is 0 Å². The van der Waals surface area contributed by atoms with Crippen LogP contribution in [0.2, 0.25) is 0 Å². The van der Waals surface area contributed by atoms with E-state index in [4.69, 9.17) is 9.37 Å². The lowest BCUT2D eigenvalue weighted by molar-refractivity contribution is 0.193. The molecule has 0 amide bonds. The Hall–Kier alpha value is -2.42. The van der Waals surface area contributed by atoms with E-state index in [2.05, 4.69) is 41.5 Å². The highest BCUT2D eigenvalue weighted by molar-refractivity contribution is 5.49. The summed E-state index contributed by atoms with van der Waals surface area (Å²) in [7, 11) is 1.85. The molecule has 4 rings (SSSR count). The Balaban J connectivity index is 1.50. The maximum absolute atomic E-state index is 5.51. The van der Waals surface area contributed by atoms with Crippen LogP contribution in [0, 0.1) is 6.92 Å². The van der Waals surface area contributed by atoms with Gasteiger partial charge in [0, 0.05) is 51.8 Å². The standard InChI is InChI=1S/C16H23N7O2/c1-11-15(21-25-20-11)23-6-4-22(5-7-23)14-9-13(12-3-8-24-10-12)18-16(17-2)19-14/h9,12H,3-8,10H2,1-2H3,(H,17,18,19)/t12-/m1/s1. The number of hydrogen-bond donors (Lipinski definition) is 1. The lowest BCUT2D eigenvalue weighted by atomic mass is 10.0. The van der Waals surface area contributed by atoms with Gasteiger partial charge < -0.3 is 19.9 Å². The molecular formula is C16H23N7O2. The summed E-state index contributed by atoms with van der Waals surface area (Å²) in [6, 6.07) is 2.11. The molecule has 2 saturated heterocycles. The van der Waals surface area contributed by atoms with E-state index >= 15 is 0 Å². The van der Waals surface area contributed by atoms with Gasteiger partial charge in [0.05, 0.1) is 12.3 Å². The molecule has 0 saturated carbocycles. The summed E-state index contributed by atoms with van der Waals surface area (Å²) >= 11 is 0. The van der Waals surface area contributed by atoms with Crippen molar-refractivity contribution in [2.75, 3.05) is 61.6 Å². The fraction of sp³-hybridized carbons (Fsp3) is 0.625. The fourth-order valence-corrected chi connectivity index (χ4v) is 3.36. The van der Waals surface area contributed by atoms with Crippen LogP contribution in [0.25, 0.3) is 0 Å². The Morgan fingerprint density at radius 2 is 1.92 bits per heavy atom. The van der Waals surface area contributed by atoms with E-state index in [0.717, 1.165) is 68.8 Å². The van der Waals surface area contributed by atoms with Crippen molar-refractivity contribution in [3.05, 3.63) is 17.5 Å². The smallest absolute Gasteiger partial charge is 0.224 e. The summed E-state index contributed by atoms with van der Waals surface area (Å²) in [6.07, 6.45) is 1.02. The monoisotopic (exact) mass is 345 g/mol. The lowest BCUT2D eigenvalue weighted by Crippen LogP contribution is -2.47. The van der Waals surface area contributed by atoms with E-state index < -0.39 is 0 Å². The van der Waals surface area contributed by atoms with Crippen LogP contribution in [0.1, 0.15) is 23.7 Å². The minimum Gasteiger partial charge on any atom is -0.381 e. The molecule has 2 aliphatic rings. The maximum atomic E-state index is 5.51. The topological polar surface area (TPSA) is 92.4 Å². The first-order valence-corrected chi connectivity index (χ1v) is 8.68. The summed E-state index contributed by atoms with van der Waals surface area (Å²) in [5.41, 5.74) is 1.89. The number of ether oxygens (including phenoxy) is 1.